The van der Waals surface area contributed by atoms with E-state index in [0.29, 0.717) is 11.6 Å². The Bertz CT molecular complexity index is 463. The molecule has 2 unspecified atom stereocenters. The molecular formula is C13H18N4OS. The first-order valence-corrected chi connectivity index (χ1v) is 7.17. The van der Waals surface area contributed by atoms with Crippen molar-refractivity contribution in [1.29, 1.82) is 0 Å². The van der Waals surface area contributed by atoms with Gasteiger partial charge in [-0.15, -0.1) is 0 Å². The quantitative estimate of drug-likeness (QED) is 0.768. The van der Waals surface area contributed by atoms with Crippen LogP contribution in [0.2, 0.25) is 0 Å². The highest BCUT2D eigenvalue weighted by molar-refractivity contribution is 8.14. The fraction of sp³-hybridized carbons (Fsp3) is 0.385. The van der Waals surface area contributed by atoms with E-state index in [1.807, 2.05) is 30.3 Å². The van der Waals surface area contributed by atoms with Crippen molar-refractivity contribution in [1.82, 2.24) is 10.7 Å². The summed E-state index contributed by atoms with van der Waals surface area (Å²) in [6, 6.07) is 9.17. The van der Waals surface area contributed by atoms with E-state index in [1.54, 1.807) is 0 Å². The van der Waals surface area contributed by atoms with Crippen molar-refractivity contribution in [3.8, 4) is 0 Å². The second kappa shape index (κ2) is 6.58. The molecule has 0 aromatic heterocycles. The monoisotopic (exact) mass is 278 g/mol. The third-order valence-electron chi connectivity index (χ3n) is 2.80. The Morgan fingerprint density at radius 2 is 2.26 bits per heavy atom. The van der Waals surface area contributed by atoms with Crippen molar-refractivity contribution < 1.29 is 4.79 Å². The molecule has 1 aromatic carbocycles. The maximum absolute atomic E-state index is 11.9. The van der Waals surface area contributed by atoms with Gasteiger partial charge in [0.2, 0.25) is 5.91 Å². The number of hydrogen-bond acceptors (Lipinski definition) is 5. The molecule has 0 saturated heterocycles. The van der Waals surface area contributed by atoms with Gasteiger partial charge in [0, 0.05) is 0 Å². The lowest BCUT2D eigenvalue weighted by Gasteiger charge is -2.11. The van der Waals surface area contributed by atoms with E-state index in [0.717, 1.165) is 12.0 Å². The van der Waals surface area contributed by atoms with E-state index >= 15 is 0 Å². The number of thioether (sulfide) groups is 1. The van der Waals surface area contributed by atoms with Crippen LogP contribution in [-0.4, -0.2) is 22.5 Å². The van der Waals surface area contributed by atoms with Gasteiger partial charge in [-0.2, -0.15) is 5.10 Å². The minimum absolute atomic E-state index is 0.200. The van der Waals surface area contributed by atoms with Gasteiger partial charge in [0.1, 0.15) is 0 Å². The Morgan fingerprint density at radius 1 is 1.53 bits per heavy atom. The van der Waals surface area contributed by atoms with Crippen LogP contribution in [0.3, 0.4) is 0 Å². The zero-order chi connectivity index (χ0) is 13.7. The molecule has 0 saturated carbocycles. The number of carbonyl (C=O) groups is 1. The number of carbonyl (C=O) groups excluding carboxylic acids is 1. The molecule has 0 fully saturated rings. The molecule has 1 aliphatic rings. The minimum atomic E-state index is -0.564. The lowest BCUT2D eigenvalue weighted by atomic mass is 10.1. The SMILES string of the molecule is CCC1NN=C(NC(=O)C(N)Cc2ccccc2)S1. The number of amidine groups is 1. The summed E-state index contributed by atoms with van der Waals surface area (Å²) in [5.41, 5.74) is 9.90. The number of hydrazone groups is 1. The highest BCUT2D eigenvalue weighted by Crippen LogP contribution is 2.17. The summed E-state index contributed by atoms with van der Waals surface area (Å²) in [5.74, 6) is -0.200. The molecule has 2 rings (SSSR count). The Morgan fingerprint density at radius 3 is 2.89 bits per heavy atom. The van der Waals surface area contributed by atoms with Crippen LogP contribution >= 0.6 is 11.8 Å². The van der Waals surface area contributed by atoms with Crippen LogP contribution in [0.5, 0.6) is 0 Å². The molecule has 2 atom stereocenters. The third-order valence-corrected chi connectivity index (χ3v) is 3.94. The number of rotatable bonds is 4. The van der Waals surface area contributed by atoms with Crippen molar-refractivity contribution in [2.75, 3.05) is 0 Å². The number of benzene rings is 1. The molecule has 102 valence electrons. The standard InChI is InChI=1S/C13H18N4OS/c1-2-11-16-17-13(19-11)15-12(18)10(14)8-9-6-4-3-5-7-9/h3-7,10-11,16H,2,8,14H2,1H3,(H,15,17,18). The van der Waals surface area contributed by atoms with E-state index in [4.69, 9.17) is 5.73 Å². The minimum Gasteiger partial charge on any atom is -0.320 e. The van der Waals surface area contributed by atoms with Gasteiger partial charge in [0.25, 0.3) is 0 Å². The Kier molecular flexibility index (Phi) is 4.81. The maximum atomic E-state index is 11.9. The largest absolute Gasteiger partial charge is 0.320 e. The zero-order valence-electron chi connectivity index (χ0n) is 10.8. The van der Waals surface area contributed by atoms with E-state index in [9.17, 15) is 4.79 Å². The molecule has 0 bridgehead atoms. The number of nitrogens with one attached hydrogen (secondary N) is 2. The molecule has 1 heterocycles. The average molecular weight is 278 g/mol. The highest BCUT2D eigenvalue weighted by atomic mass is 32.2. The summed E-state index contributed by atoms with van der Waals surface area (Å²) in [7, 11) is 0. The zero-order valence-corrected chi connectivity index (χ0v) is 11.6. The van der Waals surface area contributed by atoms with Crippen molar-refractivity contribution in [2.24, 2.45) is 10.8 Å². The molecule has 6 heteroatoms. The first-order valence-electron chi connectivity index (χ1n) is 6.29. The van der Waals surface area contributed by atoms with Crippen molar-refractivity contribution in [3.63, 3.8) is 0 Å². The first-order chi connectivity index (χ1) is 9.19. The first kappa shape index (κ1) is 13.9. The predicted molar refractivity (Wildman–Crippen MR) is 78.5 cm³/mol. The Hall–Kier alpha value is -1.53. The van der Waals surface area contributed by atoms with E-state index in [2.05, 4.69) is 22.8 Å². The highest BCUT2D eigenvalue weighted by Gasteiger charge is 2.21. The van der Waals surface area contributed by atoms with Gasteiger partial charge in [-0.05, 0) is 18.4 Å². The summed E-state index contributed by atoms with van der Waals surface area (Å²) in [4.78, 5) is 11.9. The fourth-order valence-electron chi connectivity index (χ4n) is 1.71. The van der Waals surface area contributed by atoms with Crippen LogP contribution in [0.15, 0.2) is 35.4 Å². The third kappa shape index (κ3) is 3.97. The molecule has 4 N–H and O–H groups in total. The van der Waals surface area contributed by atoms with Gasteiger partial charge in [0.05, 0.1) is 11.4 Å². The van der Waals surface area contributed by atoms with Gasteiger partial charge in [-0.25, -0.2) is 0 Å². The van der Waals surface area contributed by atoms with Crippen LogP contribution in [0.25, 0.3) is 0 Å². The molecule has 19 heavy (non-hydrogen) atoms. The van der Waals surface area contributed by atoms with Crippen LogP contribution < -0.4 is 16.5 Å². The lowest BCUT2D eigenvalue weighted by Crippen LogP contribution is -2.43. The molecule has 1 aliphatic heterocycles. The van der Waals surface area contributed by atoms with Gasteiger partial charge in [-0.3, -0.25) is 10.2 Å². The van der Waals surface area contributed by atoms with E-state index in [-0.39, 0.29) is 11.3 Å². The normalized spacial score (nSPS) is 19.5. The number of nitrogens with two attached hydrogens (primary N) is 1. The summed E-state index contributed by atoms with van der Waals surface area (Å²) in [6.07, 6.45) is 1.47. The fourth-order valence-corrected chi connectivity index (χ4v) is 2.52. The smallest absolute Gasteiger partial charge is 0.243 e. The maximum Gasteiger partial charge on any atom is 0.243 e. The molecule has 0 spiro atoms. The predicted octanol–water partition coefficient (Wildman–Crippen LogP) is 1.02. The van der Waals surface area contributed by atoms with Gasteiger partial charge >= 0.3 is 0 Å². The van der Waals surface area contributed by atoms with E-state index in [1.165, 1.54) is 11.8 Å². The summed E-state index contributed by atoms with van der Waals surface area (Å²) < 4.78 is 0. The Balaban J connectivity index is 1.83. The van der Waals surface area contributed by atoms with Crippen molar-refractivity contribution >= 4 is 22.8 Å². The number of hydrogen-bond donors (Lipinski definition) is 3. The van der Waals surface area contributed by atoms with E-state index < -0.39 is 6.04 Å². The van der Waals surface area contributed by atoms with Gasteiger partial charge < -0.3 is 11.1 Å². The summed E-state index contributed by atoms with van der Waals surface area (Å²) in [6.45, 7) is 2.06. The molecule has 0 aliphatic carbocycles. The number of amides is 1. The summed E-state index contributed by atoms with van der Waals surface area (Å²) in [5, 5.41) is 7.64. The second-order valence-corrected chi connectivity index (χ2v) is 5.54. The van der Waals surface area contributed by atoms with Crippen LogP contribution in [-0.2, 0) is 11.2 Å². The summed E-state index contributed by atoms with van der Waals surface area (Å²) >= 11 is 1.51. The van der Waals surface area contributed by atoms with Crippen molar-refractivity contribution in [3.05, 3.63) is 35.9 Å². The Labute approximate surface area is 117 Å². The van der Waals surface area contributed by atoms with Crippen LogP contribution in [0, 0.1) is 0 Å². The topological polar surface area (TPSA) is 79.5 Å². The second-order valence-electron chi connectivity index (χ2n) is 4.35. The van der Waals surface area contributed by atoms with Gasteiger partial charge in [0.15, 0.2) is 5.17 Å². The molecule has 0 radical (unpaired) electrons. The lowest BCUT2D eigenvalue weighted by molar-refractivity contribution is -0.120. The molecule has 1 aromatic rings. The van der Waals surface area contributed by atoms with Crippen LogP contribution in [0.1, 0.15) is 18.9 Å². The number of nitrogens with zero attached hydrogens (tertiary/aromatic N) is 1. The molecule has 1 amide bonds. The van der Waals surface area contributed by atoms with Crippen LogP contribution in [0.4, 0.5) is 0 Å². The molecule has 5 nitrogen and oxygen atoms in total. The molecular weight excluding hydrogens is 260 g/mol. The average Bonchev–Trinajstić information content (AvgIpc) is 2.87. The van der Waals surface area contributed by atoms with Gasteiger partial charge in [-0.1, -0.05) is 49.0 Å². The van der Waals surface area contributed by atoms with Crippen molar-refractivity contribution in [2.45, 2.75) is 31.2 Å².